The number of methoxy groups -OCH3 is 1. The number of hydrogen-bond acceptors (Lipinski definition) is 7. The summed E-state index contributed by atoms with van der Waals surface area (Å²) in [7, 11) is 1.58. The Morgan fingerprint density at radius 2 is 1.94 bits per heavy atom. The molecule has 31 heavy (non-hydrogen) atoms. The van der Waals surface area contributed by atoms with Crippen LogP contribution in [0.5, 0.6) is 5.75 Å². The number of nitrogens with zero attached hydrogens (tertiary/aromatic N) is 2. The van der Waals surface area contributed by atoms with Gasteiger partial charge in [-0.25, -0.2) is 0 Å². The van der Waals surface area contributed by atoms with Gasteiger partial charge in [0, 0.05) is 12.5 Å². The van der Waals surface area contributed by atoms with E-state index in [2.05, 4.69) is 15.5 Å². The zero-order valence-electron chi connectivity index (χ0n) is 17.8. The summed E-state index contributed by atoms with van der Waals surface area (Å²) in [5, 5.41) is 7.18. The fourth-order valence-corrected chi connectivity index (χ4v) is 6.55. The quantitative estimate of drug-likeness (QED) is 0.709. The van der Waals surface area contributed by atoms with Gasteiger partial charge in [0.15, 0.2) is 6.61 Å². The minimum absolute atomic E-state index is 0.0276. The third-order valence-electron chi connectivity index (χ3n) is 7.08. The molecule has 4 aliphatic carbocycles. The van der Waals surface area contributed by atoms with E-state index in [1.54, 1.807) is 14.0 Å². The van der Waals surface area contributed by atoms with Crippen LogP contribution in [-0.4, -0.2) is 34.7 Å². The number of carbonyl (C=O) groups excluding carboxylic acids is 2. The van der Waals surface area contributed by atoms with Crippen LogP contribution in [0.2, 0.25) is 0 Å². The SMILES string of the molecule is COc1ccccc1-c1noc(COC(=O)C23CC4CC(CC(NC(C)=O)(C4)C2)C3)n1. The molecule has 4 aliphatic rings. The molecule has 8 nitrogen and oxygen atoms in total. The number of esters is 1. The van der Waals surface area contributed by atoms with E-state index in [0.717, 1.165) is 32.1 Å². The first-order valence-electron chi connectivity index (χ1n) is 10.8. The third kappa shape index (κ3) is 3.58. The van der Waals surface area contributed by atoms with Gasteiger partial charge in [-0.3, -0.25) is 9.59 Å². The number of rotatable bonds is 6. The number of para-hydroxylation sites is 1. The highest BCUT2D eigenvalue weighted by atomic mass is 16.6. The molecule has 2 atom stereocenters. The van der Waals surface area contributed by atoms with E-state index in [4.69, 9.17) is 14.0 Å². The zero-order valence-corrected chi connectivity index (χ0v) is 17.8. The van der Waals surface area contributed by atoms with E-state index in [1.165, 1.54) is 0 Å². The molecule has 2 unspecified atom stereocenters. The number of amides is 1. The van der Waals surface area contributed by atoms with Crippen LogP contribution < -0.4 is 10.1 Å². The summed E-state index contributed by atoms with van der Waals surface area (Å²) >= 11 is 0. The summed E-state index contributed by atoms with van der Waals surface area (Å²) in [6.45, 7) is 1.49. The van der Waals surface area contributed by atoms with Gasteiger partial charge in [0.25, 0.3) is 5.89 Å². The molecule has 8 heteroatoms. The Morgan fingerprint density at radius 1 is 1.19 bits per heavy atom. The average Bonchev–Trinajstić information content (AvgIpc) is 3.19. The predicted octanol–water partition coefficient (Wildman–Crippen LogP) is 3.26. The van der Waals surface area contributed by atoms with E-state index in [0.29, 0.717) is 35.4 Å². The Balaban J connectivity index is 1.29. The summed E-state index contributed by atoms with van der Waals surface area (Å²) in [6, 6.07) is 7.40. The molecule has 1 amide bonds. The van der Waals surface area contributed by atoms with E-state index in [9.17, 15) is 9.59 Å². The number of hydrogen-bond donors (Lipinski definition) is 1. The van der Waals surface area contributed by atoms with Crippen molar-refractivity contribution < 1.29 is 23.6 Å². The third-order valence-corrected chi connectivity index (χ3v) is 7.08. The fraction of sp³-hybridized carbons (Fsp3) is 0.565. The highest BCUT2D eigenvalue weighted by Crippen LogP contribution is 2.62. The smallest absolute Gasteiger partial charge is 0.312 e. The molecule has 4 bridgehead atoms. The maximum Gasteiger partial charge on any atom is 0.312 e. The van der Waals surface area contributed by atoms with Crippen molar-refractivity contribution in [3.05, 3.63) is 30.2 Å². The first-order chi connectivity index (χ1) is 14.9. The van der Waals surface area contributed by atoms with Crippen LogP contribution in [0.4, 0.5) is 0 Å². The Bertz CT molecular complexity index is 1000. The van der Waals surface area contributed by atoms with Gasteiger partial charge in [0.05, 0.1) is 18.1 Å². The van der Waals surface area contributed by atoms with E-state index in [-0.39, 0.29) is 29.9 Å². The molecule has 2 aromatic rings. The summed E-state index contributed by atoms with van der Waals surface area (Å²) in [5.74, 6) is 1.96. The molecule has 1 N–H and O–H groups in total. The molecule has 0 saturated heterocycles. The van der Waals surface area contributed by atoms with Crippen molar-refractivity contribution in [3.8, 4) is 17.1 Å². The van der Waals surface area contributed by atoms with Gasteiger partial charge < -0.3 is 19.3 Å². The molecular weight excluding hydrogens is 398 g/mol. The van der Waals surface area contributed by atoms with E-state index < -0.39 is 5.41 Å². The highest BCUT2D eigenvalue weighted by molar-refractivity contribution is 5.79. The van der Waals surface area contributed by atoms with Gasteiger partial charge in [-0.2, -0.15) is 4.98 Å². The molecule has 1 heterocycles. The molecule has 1 aromatic heterocycles. The van der Waals surface area contributed by atoms with Crippen molar-refractivity contribution >= 4 is 11.9 Å². The topological polar surface area (TPSA) is 104 Å². The summed E-state index contributed by atoms with van der Waals surface area (Å²) in [5.41, 5.74) is -0.0845. The molecule has 4 saturated carbocycles. The van der Waals surface area contributed by atoms with Crippen molar-refractivity contribution in [2.24, 2.45) is 17.3 Å². The molecule has 0 radical (unpaired) electrons. The van der Waals surface area contributed by atoms with Crippen LogP contribution in [0.15, 0.2) is 28.8 Å². The largest absolute Gasteiger partial charge is 0.496 e. The average molecular weight is 425 g/mol. The van der Waals surface area contributed by atoms with Crippen LogP contribution in [0.25, 0.3) is 11.4 Å². The molecule has 164 valence electrons. The second-order valence-electron chi connectivity index (χ2n) is 9.49. The van der Waals surface area contributed by atoms with Crippen molar-refractivity contribution in [2.75, 3.05) is 7.11 Å². The molecule has 6 rings (SSSR count). The van der Waals surface area contributed by atoms with Crippen LogP contribution in [0, 0.1) is 17.3 Å². The Hall–Kier alpha value is -2.90. The first-order valence-corrected chi connectivity index (χ1v) is 10.8. The van der Waals surface area contributed by atoms with Crippen molar-refractivity contribution in [3.63, 3.8) is 0 Å². The second-order valence-corrected chi connectivity index (χ2v) is 9.49. The molecule has 0 spiro atoms. The normalized spacial score (nSPS) is 30.8. The molecule has 4 fully saturated rings. The maximum absolute atomic E-state index is 13.2. The lowest BCUT2D eigenvalue weighted by Gasteiger charge is -2.60. The van der Waals surface area contributed by atoms with Gasteiger partial charge >= 0.3 is 5.97 Å². The van der Waals surface area contributed by atoms with Crippen molar-refractivity contribution in [1.82, 2.24) is 15.5 Å². The van der Waals surface area contributed by atoms with Crippen molar-refractivity contribution in [1.29, 1.82) is 0 Å². The highest BCUT2D eigenvalue weighted by Gasteiger charge is 2.61. The lowest BCUT2D eigenvalue weighted by atomic mass is 9.47. The molecular formula is C23H27N3O5. The van der Waals surface area contributed by atoms with Gasteiger partial charge in [0.1, 0.15) is 5.75 Å². The Labute approximate surface area is 180 Å². The van der Waals surface area contributed by atoms with Crippen LogP contribution in [0.3, 0.4) is 0 Å². The summed E-state index contributed by atoms with van der Waals surface area (Å²) < 4.78 is 16.3. The predicted molar refractivity (Wildman–Crippen MR) is 110 cm³/mol. The van der Waals surface area contributed by atoms with Crippen LogP contribution >= 0.6 is 0 Å². The lowest BCUT2D eigenvalue weighted by Crippen LogP contribution is -2.64. The lowest BCUT2D eigenvalue weighted by molar-refractivity contribution is -0.178. The second kappa shape index (κ2) is 7.35. The van der Waals surface area contributed by atoms with Crippen LogP contribution in [0.1, 0.15) is 51.3 Å². The zero-order chi connectivity index (χ0) is 21.6. The number of carbonyl (C=O) groups is 2. The van der Waals surface area contributed by atoms with Gasteiger partial charge in [-0.1, -0.05) is 17.3 Å². The Kier molecular flexibility index (Phi) is 4.75. The minimum atomic E-state index is -0.530. The Morgan fingerprint density at radius 3 is 2.65 bits per heavy atom. The number of benzene rings is 1. The number of ether oxygens (including phenoxy) is 2. The van der Waals surface area contributed by atoms with Gasteiger partial charge in [0.2, 0.25) is 11.7 Å². The fourth-order valence-electron chi connectivity index (χ4n) is 6.55. The molecule has 0 aliphatic heterocycles. The minimum Gasteiger partial charge on any atom is -0.496 e. The first kappa shape index (κ1) is 20.0. The van der Waals surface area contributed by atoms with Gasteiger partial charge in [-0.15, -0.1) is 0 Å². The standard InChI is InChI=1S/C23H27N3O5/c1-14(27)25-23-10-15-7-16(11-23)9-22(8-15,13-23)21(28)30-12-19-24-20(26-31-19)17-5-3-4-6-18(17)29-2/h3-6,15-16H,7-13H2,1-2H3,(H,25,27). The van der Waals surface area contributed by atoms with Crippen molar-refractivity contribution in [2.45, 2.75) is 57.6 Å². The number of aromatic nitrogens is 2. The van der Waals surface area contributed by atoms with Crippen LogP contribution in [-0.2, 0) is 20.9 Å². The maximum atomic E-state index is 13.2. The monoisotopic (exact) mass is 425 g/mol. The summed E-state index contributed by atoms with van der Waals surface area (Å²) in [6.07, 6.45) is 5.39. The summed E-state index contributed by atoms with van der Waals surface area (Å²) in [4.78, 5) is 29.4. The van der Waals surface area contributed by atoms with E-state index in [1.807, 2.05) is 24.3 Å². The number of nitrogens with one attached hydrogen (secondary N) is 1. The van der Waals surface area contributed by atoms with Gasteiger partial charge in [-0.05, 0) is 62.5 Å². The van der Waals surface area contributed by atoms with E-state index >= 15 is 0 Å². The molecule has 1 aromatic carbocycles.